The molecule has 5 heteroatoms. The number of alkyl halides is 1. The zero-order valence-electron chi connectivity index (χ0n) is 12.8. The molecule has 0 aromatic rings. The van der Waals surface area contributed by atoms with Gasteiger partial charge < -0.3 is 9.47 Å². The lowest BCUT2D eigenvalue weighted by molar-refractivity contribution is -0.149. The number of hydrogen-bond acceptors (Lipinski definition) is 4. The van der Waals surface area contributed by atoms with Gasteiger partial charge in [0.05, 0.1) is 18.9 Å². The summed E-state index contributed by atoms with van der Waals surface area (Å²) in [6.45, 7) is 3.54. The summed E-state index contributed by atoms with van der Waals surface area (Å²) in [5.74, 6) is -0.749. The topological polar surface area (TPSA) is 52.6 Å². The van der Waals surface area contributed by atoms with Crippen molar-refractivity contribution in [3.8, 4) is 0 Å². The summed E-state index contributed by atoms with van der Waals surface area (Å²) < 4.78 is 9.79. The average Bonchev–Trinajstić information content (AvgIpc) is 2.40. The van der Waals surface area contributed by atoms with E-state index < -0.39 is 11.5 Å². The van der Waals surface area contributed by atoms with Gasteiger partial charge in [0.15, 0.2) is 0 Å². The van der Waals surface area contributed by atoms with E-state index in [0.29, 0.717) is 6.42 Å². The van der Waals surface area contributed by atoms with E-state index in [-0.39, 0.29) is 18.4 Å². The van der Waals surface area contributed by atoms with Gasteiger partial charge in [0.25, 0.3) is 0 Å². The molecule has 2 atom stereocenters. The molecule has 20 heavy (non-hydrogen) atoms. The SMILES string of the molecule is CCCCCCCC[C@H](OC(C)=O)[C@@H](Cl)CC(=O)OC. The van der Waals surface area contributed by atoms with Crippen LogP contribution >= 0.6 is 11.6 Å². The lowest BCUT2D eigenvalue weighted by Crippen LogP contribution is -2.29. The Morgan fingerprint density at radius 1 is 1.10 bits per heavy atom. The molecule has 0 saturated heterocycles. The minimum absolute atomic E-state index is 0.0613. The van der Waals surface area contributed by atoms with Crippen LogP contribution < -0.4 is 0 Å². The van der Waals surface area contributed by atoms with E-state index in [1.807, 2.05) is 0 Å². The third-order valence-electron chi connectivity index (χ3n) is 3.15. The van der Waals surface area contributed by atoms with Crippen LogP contribution in [0.1, 0.15) is 65.2 Å². The van der Waals surface area contributed by atoms with Gasteiger partial charge in [0, 0.05) is 6.92 Å². The Bertz CT molecular complexity index is 281. The van der Waals surface area contributed by atoms with Crippen molar-refractivity contribution in [3.63, 3.8) is 0 Å². The van der Waals surface area contributed by atoms with Gasteiger partial charge in [-0.15, -0.1) is 11.6 Å². The highest BCUT2D eigenvalue weighted by Crippen LogP contribution is 2.19. The molecule has 4 nitrogen and oxygen atoms in total. The number of carbonyl (C=O) groups is 2. The summed E-state index contributed by atoms with van der Waals surface area (Å²) in [5.41, 5.74) is 0. The lowest BCUT2D eigenvalue weighted by atomic mass is 10.0. The number of carbonyl (C=O) groups excluding carboxylic acids is 2. The van der Waals surface area contributed by atoms with Gasteiger partial charge in [0.1, 0.15) is 6.10 Å². The summed E-state index contributed by atoms with van der Waals surface area (Å²) in [6.07, 6.45) is 7.28. The van der Waals surface area contributed by atoms with Gasteiger partial charge in [-0.2, -0.15) is 0 Å². The van der Waals surface area contributed by atoms with Crippen molar-refractivity contribution in [3.05, 3.63) is 0 Å². The fraction of sp³-hybridized carbons (Fsp3) is 0.867. The van der Waals surface area contributed by atoms with Crippen LogP contribution in [0.5, 0.6) is 0 Å². The Labute approximate surface area is 127 Å². The number of rotatable bonds is 11. The Morgan fingerprint density at radius 2 is 1.70 bits per heavy atom. The molecule has 0 aliphatic rings. The maximum atomic E-state index is 11.2. The van der Waals surface area contributed by atoms with Gasteiger partial charge in [0.2, 0.25) is 0 Å². The third kappa shape index (κ3) is 10.1. The second-order valence-corrected chi connectivity index (χ2v) is 5.56. The second kappa shape index (κ2) is 12.0. The van der Waals surface area contributed by atoms with Crippen LogP contribution in [0.25, 0.3) is 0 Å². The quantitative estimate of drug-likeness (QED) is 0.330. The zero-order chi connectivity index (χ0) is 15.4. The van der Waals surface area contributed by atoms with Crippen molar-refractivity contribution in [1.82, 2.24) is 0 Å². The first-order valence-corrected chi connectivity index (χ1v) is 7.83. The molecule has 0 unspecified atom stereocenters. The van der Waals surface area contributed by atoms with Crippen molar-refractivity contribution < 1.29 is 19.1 Å². The number of esters is 2. The maximum Gasteiger partial charge on any atom is 0.307 e. The lowest BCUT2D eigenvalue weighted by Gasteiger charge is -2.21. The number of ether oxygens (including phenoxy) is 2. The minimum Gasteiger partial charge on any atom is -0.469 e. The summed E-state index contributed by atoms with van der Waals surface area (Å²) in [6, 6.07) is 0. The highest BCUT2D eigenvalue weighted by Gasteiger charge is 2.24. The molecule has 0 bridgehead atoms. The predicted molar refractivity (Wildman–Crippen MR) is 79.8 cm³/mol. The minimum atomic E-state index is -0.526. The van der Waals surface area contributed by atoms with Gasteiger partial charge in [-0.1, -0.05) is 39.0 Å². The summed E-state index contributed by atoms with van der Waals surface area (Å²) in [5, 5.41) is -0.526. The van der Waals surface area contributed by atoms with E-state index in [1.54, 1.807) is 0 Å². The van der Waals surface area contributed by atoms with E-state index in [1.165, 1.54) is 39.7 Å². The number of methoxy groups -OCH3 is 1. The molecular formula is C15H27ClO4. The molecular weight excluding hydrogens is 280 g/mol. The van der Waals surface area contributed by atoms with E-state index in [2.05, 4.69) is 11.7 Å². The molecule has 0 spiro atoms. The predicted octanol–water partition coefficient (Wildman–Crippen LogP) is 3.84. The fourth-order valence-corrected chi connectivity index (χ4v) is 2.33. The second-order valence-electron chi connectivity index (χ2n) is 5.00. The van der Waals surface area contributed by atoms with Crippen molar-refractivity contribution in [2.45, 2.75) is 76.7 Å². The summed E-state index contributed by atoms with van der Waals surface area (Å²) in [4.78, 5) is 22.3. The van der Waals surface area contributed by atoms with Gasteiger partial charge in [-0.25, -0.2) is 0 Å². The molecule has 118 valence electrons. The van der Waals surface area contributed by atoms with Gasteiger partial charge in [-0.3, -0.25) is 9.59 Å². The van der Waals surface area contributed by atoms with Crippen LogP contribution in [0, 0.1) is 0 Å². The molecule has 0 aliphatic heterocycles. The Balaban J connectivity index is 4.07. The molecule has 0 N–H and O–H groups in total. The van der Waals surface area contributed by atoms with E-state index in [0.717, 1.165) is 12.8 Å². The standard InChI is InChI=1S/C15H27ClO4/c1-4-5-6-7-8-9-10-14(20-12(2)17)13(16)11-15(18)19-3/h13-14H,4-11H2,1-3H3/t13-,14-/m0/s1. The molecule has 0 saturated carbocycles. The Hall–Kier alpha value is -0.770. The molecule has 0 rings (SSSR count). The van der Waals surface area contributed by atoms with Crippen LogP contribution in [-0.4, -0.2) is 30.5 Å². The average molecular weight is 307 g/mol. The molecule has 0 aromatic carbocycles. The van der Waals surface area contributed by atoms with Crippen LogP contribution in [0.3, 0.4) is 0 Å². The van der Waals surface area contributed by atoms with E-state index in [4.69, 9.17) is 16.3 Å². The molecule has 0 heterocycles. The first kappa shape index (κ1) is 19.2. The summed E-state index contributed by atoms with van der Waals surface area (Å²) >= 11 is 6.15. The van der Waals surface area contributed by atoms with Crippen molar-refractivity contribution in [2.75, 3.05) is 7.11 Å². The van der Waals surface area contributed by atoms with Crippen LogP contribution in [0.2, 0.25) is 0 Å². The van der Waals surface area contributed by atoms with E-state index in [9.17, 15) is 9.59 Å². The Kier molecular flexibility index (Phi) is 11.5. The number of unbranched alkanes of at least 4 members (excludes halogenated alkanes) is 5. The third-order valence-corrected chi connectivity index (χ3v) is 3.59. The first-order valence-electron chi connectivity index (χ1n) is 7.39. The molecule has 0 aliphatic carbocycles. The van der Waals surface area contributed by atoms with Gasteiger partial charge in [-0.05, 0) is 12.8 Å². The van der Waals surface area contributed by atoms with Crippen molar-refractivity contribution >= 4 is 23.5 Å². The van der Waals surface area contributed by atoms with Crippen molar-refractivity contribution in [2.24, 2.45) is 0 Å². The van der Waals surface area contributed by atoms with Gasteiger partial charge >= 0.3 is 11.9 Å². The first-order chi connectivity index (χ1) is 9.51. The van der Waals surface area contributed by atoms with Crippen LogP contribution in [-0.2, 0) is 19.1 Å². The number of halogens is 1. The molecule has 0 radical (unpaired) electrons. The molecule has 0 fully saturated rings. The van der Waals surface area contributed by atoms with Crippen LogP contribution in [0.15, 0.2) is 0 Å². The fourth-order valence-electron chi connectivity index (χ4n) is 2.03. The van der Waals surface area contributed by atoms with Crippen molar-refractivity contribution in [1.29, 1.82) is 0 Å². The highest BCUT2D eigenvalue weighted by atomic mass is 35.5. The number of hydrogen-bond donors (Lipinski definition) is 0. The zero-order valence-corrected chi connectivity index (χ0v) is 13.6. The van der Waals surface area contributed by atoms with Crippen LogP contribution in [0.4, 0.5) is 0 Å². The normalized spacial score (nSPS) is 13.6. The maximum absolute atomic E-state index is 11.2. The molecule has 0 amide bonds. The smallest absolute Gasteiger partial charge is 0.307 e. The molecule has 0 aromatic heterocycles. The highest BCUT2D eigenvalue weighted by molar-refractivity contribution is 6.22. The van der Waals surface area contributed by atoms with E-state index >= 15 is 0 Å². The summed E-state index contributed by atoms with van der Waals surface area (Å²) in [7, 11) is 1.32. The largest absolute Gasteiger partial charge is 0.469 e. The monoisotopic (exact) mass is 306 g/mol. The Morgan fingerprint density at radius 3 is 2.25 bits per heavy atom.